The number of hydrogen-bond donors (Lipinski definition) is 2. The highest BCUT2D eigenvalue weighted by Crippen LogP contribution is 2.26. The molecule has 0 saturated carbocycles. The van der Waals surface area contributed by atoms with E-state index in [0.29, 0.717) is 18.2 Å². The van der Waals surface area contributed by atoms with E-state index in [1.54, 1.807) is 24.4 Å². The SMILES string of the molecule is CC(C)c1ccccc1Nc1ccc(C(=O)NCc2ccc(F)cc2)nc1. The number of nitrogens with one attached hydrogen (secondary N) is 2. The number of halogens is 1. The van der Waals surface area contributed by atoms with E-state index < -0.39 is 0 Å². The van der Waals surface area contributed by atoms with Crippen molar-refractivity contribution in [1.82, 2.24) is 10.3 Å². The van der Waals surface area contributed by atoms with Crippen LogP contribution in [0, 0.1) is 5.82 Å². The van der Waals surface area contributed by atoms with Crippen LogP contribution in [-0.2, 0) is 6.54 Å². The number of benzene rings is 2. The Bertz CT molecular complexity index is 906. The zero-order valence-corrected chi connectivity index (χ0v) is 15.4. The summed E-state index contributed by atoms with van der Waals surface area (Å²) < 4.78 is 12.9. The van der Waals surface area contributed by atoms with E-state index in [1.807, 2.05) is 24.3 Å². The summed E-state index contributed by atoms with van der Waals surface area (Å²) in [6.45, 7) is 4.61. The van der Waals surface area contributed by atoms with E-state index in [2.05, 4.69) is 35.5 Å². The first-order valence-electron chi connectivity index (χ1n) is 8.87. The molecule has 1 amide bonds. The fraction of sp³-hybridized carbons (Fsp3) is 0.182. The smallest absolute Gasteiger partial charge is 0.270 e. The molecule has 3 aromatic rings. The van der Waals surface area contributed by atoms with Crippen LogP contribution in [0.4, 0.5) is 15.8 Å². The molecule has 0 radical (unpaired) electrons. The van der Waals surface area contributed by atoms with Crippen molar-refractivity contribution in [1.29, 1.82) is 0 Å². The van der Waals surface area contributed by atoms with Gasteiger partial charge in [0.1, 0.15) is 11.5 Å². The van der Waals surface area contributed by atoms with Gasteiger partial charge in [0.2, 0.25) is 0 Å². The van der Waals surface area contributed by atoms with Crippen molar-refractivity contribution in [3.8, 4) is 0 Å². The molecule has 1 heterocycles. The highest BCUT2D eigenvalue weighted by Gasteiger charge is 2.09. The number of anilines is 2. The van der Waals surface area contributed by atoms with Gasteiger partial charge in [0.15, 0.2) is 0 Å². The van der Waals surface area contributed by atoms with Gasteiger partial charge in [-0.3, -0.25) is 4.79 Å². The van der Waals surface area contributed by atoms with Crippen molar-refractivity contribution in [3.05, 3.63) is 89.5 Å². The minimum absolute atomic E-state index is 0.270. The lowest BCUT2D eigenvalue weighted by Gasteiger charge is -2.14. The number of nitrogens with zero attached hydrogens (tertiary/aromatic N) is 1. The molecule has 27 heavy (non-hydrogen) atoms. The minimum atomic E-state index is -0.297. The molecule has 0 aliphatic rings. The Balaban J connectivity index is 1.63. The lowest BCUT2D eigenvalue weighted by molar-refractivity contribution is 0.0946. The summed E-state index contributed by atoms with van der Waals surface area (Å²) in [5.74, 6) is -0.166. The Morgan fingerprint density at radius 2 is 1.78 bits per heavy atom. The number of para-hydroxylation sites is 1. The number of pyridine rings is 1. The van der Waals surface area contributed by atoms with Crippen LogP contribution in [0.2, 0.25) is 0 Å². The summed E-state index contributed by atoms with van der Waals surface area (Å²) in [4.78, 5) is 16.5. The highest BCUT2D eigenvalue weighted by molar-refractivity contribution is 5.92. The van der Waals surface area contributed by atoms with Crippen LogP contribution in [0.5, 0.6) is 0 Å². The van der Waals surface area contributed by atoms with Gasteiger partial charge in [-0.15, -0.1) is 0 Å². The fourth-order valence-corrected chi connectivity index (χ4v) is 2.75. The largest absolute Gasteiger partial charge is 0.354 e. The van der Waals surface area contributed by atoms with Gasteiger partial charge in [-0.05, 0) is 47.4 Å². The quantitative estimate of drug-likeness (QED) is 0.647. The normalized spacial score (nSPS) is 10.7. The molecule has 1 aromatic heterocycles. The van der Waals surface area contributed by atoms with Gasteiger partial charge in [0, 0.05) is 12.2 Å². The molecule has 138 valence electrons. The molecule has 3 rings (SSSR count). The highest BCUT2D eigenvalue weighted by atomic mass is 19.1. The van der Waals surface area contributed by atoms with E-state index in [9.17, 15) is 9.18 Å². The van der Waals surface area contributed by atoms with Crippen molar-refractivity contribution in [2.24, 2.45) is 0 Å². The van der Waals surface area contributed by atoms with Crippen molar-refractivity contribution >= 4 is 17.3 Å². The molecular weight excluding hydrogens is 341 g/mol. The lowest BCUT2D eigenvalue weighted by Crippen LogP contribution is -2.23. The molecule has 2 aromatic carbocycles. The van der Waals surface area contributed by atoms with Crippen LogP contribution >= 0.6 is 0 Å². The third kappa shape index (κ3) is 4.91. The molecule has 0 atom stereocenters. The molecule has 5 heteroatoms. The molecule has 4 nitrogen and oxygen atoms in total. The first-order valence-corrected chi connectivity index (χ1v) is 8.87. The molecule has 2 N–H and O–H groups in total. The first-order chi connectivity index (χ1) is 13.0. The van der Waals surface area contributed by atoms with Gasteiger partial charge in [-0.2, -0.15) is 0 Å². The second kappa shape index (κ2) is 8.45. The van der Waals surface area contributed by atoms with Gasteiger partial charge in [0.05, 0.1) is 11.9 Å². The van der Waals surface area contributed by atoms with Crippen molar-refractivity contribution < 1.29 is 9.18 Å². The number of carbonyl (C=O) groups is 1. The third-order valence-corrected chi connectivity index (χ3v) is 4.22. The van der Waals surface area contributed by atoms with Crippen molar-refractivity contribution in [2.45, 2.75) is 26.3 Å². The Labute approximate surface area is 158 Å². The zero-order chi connectivity index (χ0) is 19.2. The average Bonchev–Trinajstić information content (AvgIpc) is 2.68. The second-order valence-electron chi connectivity index (χ2n) is 6.61. The van der Waals surface area contributed by atoms with E-state index in [1.165, 1.54) is 17.7 Å². The Morgan fingerprint density at radius 1 is 1.04 bits per heavy atom. The maximum atomic E-state index is 12.9. The van der Waals surface area contributed by atoms with E-state index in [0.717, 1.165) is 16.9 Å². The van der Waals surface area contributed by atoms with Crippen LogP contribution in [-0.4, -0.2) is 10.9 Å². The molecule has 0 saturated heterocycles. The van der Waals surface area contributed by atoms with Crippen LogP contribution < -0.4 is 10.6 Å². The summed E-state index contributed by atoms with van der Waals surface area (Å²) >= 11 is 0. The van der Waals surface area contributed by atoms with Crippen LogP contribution in [0.3, 0.4) is 0 Å². The summed E-state index contributed by atoms with van der Waals surface area (Å²) in [6, 6.07) is 17.7. The number of amides is 1. The topological polar surface area (TPSA) is 54.0 Å². The summed E-state index contributed by atoms with van der Waals surface area (Å²) in [5, 5.41) is 6.14. The molecule has 0 aliphatic carbocycles. The van der Waals surface area contributed by atoms with Gasteiger partial charge >= 0.3 is 0 Å². The Kier molecular flexibility index (Phi) is 5.81. The maximum absolute atomic E-state index is 12.9. The first kappa shape index (κ1) is 18.6. The van der Waals surface area contributed by atoms with Crippen LogP contribution in [0.1, 0.15) is 41.4 Å². The van der Waals surface area contributed by atoms with Crippen LogP contribution in [0.15, 0.2) is 66.9 Å². The van der Waals surface area contributed by atoms with Gasteiger partial charge in [-0.25, -0.2) is 9.37 Å². The van der Waals surface area contributed by atoms with Crippen molar-refractivity contribution in [2.75, 3.05) is 5.32 Å². The summed E-state index contributed by atoms with van der Waals surface area (Å²) in [5.41, 5.74) is 4.23. The minimum Gasteiger partial charge on any atom is -0.354 e. The van der Waals surface area contributed by atoms with Gasteiger partial charge in [-0.1, -0.05) is 44.2 Å². The predicted molar refractivity (Wildman–Crippen MR) is 106 cm³/mol. The number of rotatable bonds is 6. The standard InChI is InChI=1S/C22H22FN3O/c1-15(2)19-5-3-4-6-20(19)26-18-11-12-21(24-14-18)22(27)25-13-16-7-9-17(23)10-8-16/h3-12,14-15,26H,13H2,1-2H3,(H,25,27). The van der Waals surface area contributed by atoms with E-state index in [-0.39, 0.29) is 11.7 Å². The van der Waals surface area contributed by atoms with E-state index in [4.69, 9.17) is 0 Å². The molecular formula is C22H22FN3O. The Morgan fingerprint density at radius 3 is 2.44 bits per heavy atom. The van der Waals surface area contributed by atoms with Gasteiger partial charge in [0.25, 0.3) is 5.91 Å². The molecule has 0 aliphatic heterocycles. The van der Waals surface area contributed by atoms with Gasteiger partial charge < -0.3 is 10.6 Å². The zero-order valence-electron chi connectivity index (χ0n) is 15.4. The molecule has 0 fully saturated rings. The predicted octanol–water partition coefficient (Wildman–Crippen LogP) is 5.02. The number of hydrogen-bond acceptors (Lipinski definition) is 3. The maximum Gasteiger partial charge on any atom is 0.270 e. The Hall–Kier alpha value is -3.21. The number of carbonyl (C=O) groups excluding carboxylic acids is 1. The van der Waals surface area contributed by atoms with E-state index >= 15 is 0 Å². The second-order valence-corrected chi connectivity index (χ2v) is 6.61. The molecule has 0 spiro atoms. The van der Waals surface area contributed by atoms with Crippen molar-refractivity contribution in [3.63, 3.8) is 0 Å². The monoisotopic (exact) mass is 363 g/mol. The van der Waals surface area contributed by atoms with Crippen LogP contribution in [0.25, 0.3) is 0 Å². The number of aromatic nitrogens is 1. The molecule has 0 unspecified atom stereocenters. The summed E-state index contributed by atoms with van der Waals surface area (Å²) in [7, 11) is 0. The molecule has 0 bridgehead atoms. The lowest BCUT2D eigenvalue weighted by atomic mass is 10.0. The third-order valence-electron chi connectivity index (χ3n) is 4.22. The average molecular weight is 363 g/mol. The summed E-state index contributed by atoms with van der Waals surface area (Å²) in [6.07, 6.45) is 1.64. The fourth-order valence-electron chi connectivity index (χ4n) is 2.75.